The van der Waals surface area contributed by atoms with Crippen molar-refractivity contribution < 1.29 is 13.9 Å². The lowest BCUT2D eigenvalue weighted by atomic mass is 10.1. The summed E-state index contributed by atoms with van der Waals surface area (Å²) in [5.74, 6) is 0.447. The average molecular weight is 281 g/mol. The van der Waals surface area contributed by atoms with E-state index in [4.69, 9.17) is 15.2 Å². The number of methoxy groups -OCH3 is 1. The van der Waals surface area contributed by atoms with Crippen LogP contribution in [0, 0.1) is 5.82 Å². The molecule has 5 nitrogen and oxygen atoms in total. The van der Waals surface area contributed by atoms with Crippen LogP contribution in [0.5, 0.6) is 5.75 Å². The first kappa shape index (κ1) is 14.6. The van der Waals surface area contributed by atoms with Crippen molar-refractivity contribution in [2.45, 2.75) is 6.42 Å². The van der Waals surface area contributed by atoms with Crippen LogP contribution in [0.4, 0.5) is 4.39 Å². The minimum Gasteiger partial charge on any atom is -0.494 e. The van der Waals surface area contributed by atoms with Crippen LogP contribution >= 0.6 is 0 Å². The Morgan fingerprint density at radius 1 is 1.45 bits per heavy atom. The summed E-state index contributed by atoms with van der Waals surface area (Å²) in [7, 11) is 1.46. The molecule has 0 saturated carbocycles. The molecule has 0 atom stereocenters. The van der Waals surface area contributed by atoms with E-state index < -0.39 is 0 Å². The Morgan fingerprint density at radius 3 is 2.90 bits per heavy atom. The molecule has 0 amide bonds. The van der Waals surface area contributed by atoms with Gasteiger partial charge in [0.1, 0.15) is 0 Å². The minimum atomic E-state index is -0.354. The van der Waals surface area contributed by atoms with Gasteiger partial charge < -0.3 is 20.1 Å². The van der Waals surface area contributed by atoms with E-state index in [9.17, 15) is 4.39 Å². The molecular formula is C14H20FN3O2. The highest BCUT2D eigenvalue weighted by Crippen LogP contribution is 2.18. The Hall–Kier alpha value is -1.82. The van der Waals surface area contributed by atoms with Gasteiger partial charge in [-0.15, -0.1) is 0 Å². The van der Waals surface area contributed by atoms with Gasteiger partial charge in [0.15, 0.2) is 17.5 Å². The summed E-state index contributed by atoms with van der Waals surface area (Å²) in [6, 6.07) is 4.83. The van der Waals surface area contributed by atoms with Crippen molar-refractivity contribution in [1.29, 1.82) is 0 Å². The molecule has 0 bridgehead atoms. The molecule has 0 aromatic heterocycles. The van der Waals surface area contributed by atoms with E-state index in [1.165, 1.54) is 13.2 Å². The van der Waals surface area contributed by atoms with Crippen molar-refractivity contribution >= 4 is 5.96 Å². The van der Waals surface area contributed by atoms with Crippen LogP contribution in [0.3, 0.4) is 0 Å². The van der Waals surface area contributed by atoms with Gasteiger partial charge >= 0.3 is 0 Å². The van der Waals surface area contributed by atoms with Crippen LogP contribution in [0.2, 0.25) is 0 Å². The number of nitrogens with zero attached hydrogens (tertiary/aromatic N) is 2. The van der Waals surface area contributed by atoms with Gasteiger partial charge in [-0.1, -0.05) is 6.07 Å². The van der Waals surface area contributed by atoms with E-state index in [1.807, 2.05) is 4.90 Å². The fourth-order valence-corrected chi connectivity index (χ4v) is 2.05. The zero-order valence-electron chi connectivity index (χ0n) is 11.6. The second-order valence-electron chi connectivity index (χ2n) is 4.56. The molecular weight excluding hydrogens is 261 g/mol. The third-order valence-corrected chi connectivity index (χ3v) is 3.22. The van der Waals surface area contributed by atoms with Crippen molar-refractivity contribution in [1.82, 2.24) is 4.90 Å². The SMILES string of the molecule is COc1cc(CCN=C(N)N2CCOCC2)ccc1F. The molecule has 20 heavy (non-hydrogen) atoms. The number of nitrogens with two attached hydrogens (primary N) is 1. The van der Waals surface area contributed by atoms with Crippen LogP contribution in [-0.2, 0) is 11.2 Å². The van der Waals surface area contributed by atoms with Crippen LogP contribution in [-0.4, -0.2) is 50.8 Å². The van der Waals surface area contributed by atoms with Gasteiger partial charge in [0, 0.05) is 19.6 Å². The van der Waals surface area contributed by atoms with Crippen LogP contribution in [0.1, 0.15) is 5.56 Å². The predicted octanol–water partition coefficient (Wildman–Crippen LogP) is 1.02. The Kier molecular flexibility index (Phi) is 5.17. The average Bonchev–Trinajstić information content (AvgIpc) is 2.49. The molecule has 0 radical (unpaired) electrons. The van der Waals surface area contributed by atoms with Gasteiger partial charge in [0.2, 0.25) is 0 Å². The summed E-state index contributed by atoms with van der Waals surface area (Å²) in [5, 5.41) is 0. The Bertz CT molecular complexity index is 473. The molecule has 1 heterocycles. The fourth-order valence-electron chi connectivity index (χ4n) is 2.05. The first-order valence-electron chi connectivity index (χ1n) is 6.65. The smallest absolute Gasteiger partial charge is 0.191 e. The summed E-state index contributed by atoms with van der Waals surface area (Å²) in [5.41, 5.74) is 6.90. The number of morpholine rings is 1. The maximum Gasteiger partial charge on any atom is 0.191 e. The van der Waals surface area contributed by atoms with E-state index in [0.29, 0.717) is 32.1 Å². The topological polar surface area (TPSA) is 60.1 Å². The molecule has 1 fully saturated rings. The fraction of sp³-hybridized carbons (Fsp3) is 0.500. The molecule has 0 spiro atoms. The third-order valence-electron chi connectivity index (χ3n) is 3.22. The zero-order chi connectivity index (χ0) is 14.4. The molecule has 110 valence electrons. The number of ether oxygens (including phenoxy) is 2. The molecule has 0 unspecified atom stereocenters. The summed E-state index contributed by atoms with van der Waals surface area (Å²) in [4.78, 5) is 6.36. The molecule has 1 aliphatic rings. The second-order valence-corrected chi connectivity index (χ2v) is 4.56. The highest BCUT2D eigenvalue weighted by Gasteiger charge is 2.11. The van der Waals surface area contributed by atoms with Crippen molar-refractivity contribution in [3.8, 4) is 5.75 Å². The summed E-state index contributed by atoms with van der Waals surface area (Å²) < 4.78 is 23.5. The van der Waals surface area contributed by atoms with Crippen molar-refractivity contribution in [2.24, 2.45) is 10.7 Å². The van der Waals surface area contributed by atoms with Gasteiger partial charge in [-0.3, -0.25) is 4.99 Å². The predicted molar refractivity (Wildman–Crippen MR) is 75.5 cm³/mol. The van der Waals surface area contributed by atoms with E-state index >= 15 is 0 Å². The Labute approximate surface area is 118 Å². The van der Waals surface area contributed by atoms with E-state index in [0.717, 1.165) is 18.7 Å². The Balaban J connectivity index is 1.88. The molecule has 2 rings (SSSR count). The molecule has 2 N–H and O–H groups in total. The number of aliphatic imine (C=N–C) groups is 1. The van der Waals surface area contributed by atoms with Crippen LogP contribution < -0.4 is 10.5 Å². The summed E-state index contributed by atoms with van der Waals surface area (Å²) in [6.07, 6.45) is 0.696. The van der Waals surface area contributed by atoms with Gasteiger partial charge in [-0.25, -0.2) is 4.39 Å². The van der Waals surface area contributed by atoms with Gasteiger partial charge in [-0.05, 0) is 24.1 Å². The van der Waals surface area contributed by atoms with E-state index in [2.05, 4.69) is 4.99 Å². The maximum absolute atomic E-state index is 13.3. The number of benzene rings is 1. The molecule has 1 saturated heterocycles. The number of guanidine groups is 1. The molecule has 0 aliphatic carbocycles. The van der Waals surface area contributed by atoms with E-state index in [-0.39, 0.29) is 11.6 Å². The first-order chi connectivity index (χ1) is 9.70. The molecule has 6 heteroatoms. The highest BCUT2D eigenvalue weighted by molar-refractivity contribution is 5.78. The van der Waals surface area contributed by atoms with Crippen LogP contribution in [0.25, 0.3) is 0 Å². The van der Waals surface area contributed by atoms with Gasteiger partial charge in [-0.2, -0.15) is 0 Å². The summed E-state index contributed by atoms with van der Waals surface area (Å²) >= 11 is 0. The molecule has 1 aliphatic heterocycles. The van der Waals surface area contributed by atoms with Crippen molar-refractivity contribution in [3.05, 3.63) is 29.6 Å². The van der Waals surface area contributed by atoms with Crippen molar-refractivity contribution in [3.63, 3.8) is 0 Å². The molecule has 1 aromatic rings. The largest absolute Gasteiger partial charge is 0.494 e. The number of rotatable bonds is 4. The monoisotopic (exact) mass is 281 g/mol. The maximum atomic E-state index is 13.3. The quantitative estimate of drug-likeness (QED) is 0.661. The minimum absolute atomic E-state index is 0.257. The lowest BCUT2D eigenvalue weighted by molar-refractivity contribution is 0.0674. The third kappa shape index (κ3) is 3.84. The summed E-state index contributed by atoms with van der Waals surface area (Å²) in [6.45, 7) is 3.49. The lowest BCUT2D eigenvalue weighted by Gasteiger charge is -2.27. The van der Waals surface area contributed by atoms with Crippen LogP contribution in [0.15, 0.2) is 23.2 Å². The zero-order valence-corrected chi connectivity index (χ0v) is 11.6. The van der Waals surface area contributed by atoms with E-state index in [1.54, 1.807) is 12.1 Å². The van der Waals surface area contributed by atoms with Crippen molar-refractivity contribution in [2.75, 3.05) is 40.0 Å². The normalized spacial score (nSPS) is 16.3. The number of halogens is 1. The highest BCUT2D eigenvalue weighted by atomic mass is 19.1. The lowest BCUT2D eigenvalue weighted by Crippen LogP contribution is -2.44. The standard InChI is InChI=1S/C14H20FN3O2/c1-19-13-10-11(2-3-12(13)15)4-5-17-14(16)18-6-8-20-9-7-18/h2-3,10H,4-9H2,1H3,(H2,16,17). The second kappa shape index (κ2) is 7.09. The Morgan fingerprint density at radius 2 is 2.20 bits per heavy atom. The number of hydrogen-bond donors (Lipinski definition) is 1. The van der Waals surface area contributed by atoms with Gasteiger partial charge in [0.05, 0.1) is 20.3 Å². The first-order valence-corrected chi connectivity index (χ1v) is 6.65. The number of hydrogen-bond acceptors (Lipinski definition) is 3. The van der Waals surface area contributed by atoms with Gasteiger partial charge in [0.25, 0.3) is 0 Å². The molecule has 1 aromatic carbocycles.